The molecule has 110 valence electrons. The van der Waals surface area contributed by atoms with Crippen molar-refractivity contribution in [2.45, 2.75) is 58.4 Å². The number of benzene rings is 1. The van der Waals surface area contributed by atoms with Crippen LogP contribution in [0.3, 0.4) is 0 Å². The number of aryl methyl sites for hydroxylation is 1. The first kappa shape index (κ1) is 14.9. The van der Waals surface area contributed by atoms with Crippen LogP contribution in [-0.2, 0) is 6.42 Å². The topological polar surface area (TPSA) is 32.3 Å². The number of hydrogen-bond donors (Lipinski definition) is 1. The Morgan fingerprint density at radius 2 is 2.05 bits per heavy atom. The highest BCUT2D eigenvalue weighted by atomic mass is 16.2. The molecule has 1 aliphatic heterocycles. The fraction of sp³-hybridized carbons (Fsp3) is 0.588. The van der Waals surface area contributed by atoms with Crippen LogP contribution in [0, 0.1) is 0 Å². The quantitative estimate of drug-likeness (QED) is 0.865. The van der Waals surface area contributed by atoms with Crippen molar-refractivity contribution in [2.75, 3.05) is 11.9 Å². The van der Waals surface area contributed by atoms with Crippen molar-refractivity contribution in [1.29, 1.82) is 0 Å². The monoisotopic (exact) mass is 274 g/mol. The summed E-state index contributed by atoms with van der Waals surface area (Å²) in [5.74, 6) is 0. The number of urea groups is 1. The molecule has 1 heterocycles. The van der Waals surface area contributed by atoms with Crippen LogP contribution in [0.1, 0.15) is 51.5 Å². The first-order valence-electron chi connectivity index (χ1n) is 7.87. The average Bonchev–Trinajstić information content (AvgIpc) is 2.47. The number of nitrogens with one attached hydrogen (secondary N) is 1. The summed E-state index contributed by atoms with van der Waals surface area (Å²) in [7, 11) is 0. The lowest BCUT2D eigenvalue weighted by Gasteiger charge is -2.33. The normalized spacial score (nSPS) is 18.9. The maximum absolute atomic E-state index is 12.2. The molecule has 0 radical (unpaired) electrons. The lowest BCUT2D eigenvalue weighted by molar-refractivity contribution is 0.170. The zero-order valence-corrected chi connectivity index (χ0v) is 12.7. The molecule has 1 aromatic rings. The lowest BCUT2D eigenvalue weighted by atomic mass is 10.0. The smallest absolute Gasteiger partial charge is 0.322 e. The summed E-state index contributed by atoms with van der Waals surface area (Å²) in [4.78, 5) is 14.2. The van der Waals surface area contributed by atoms with Gasteiger partial charge in [-0.3, -0.25) is 0 Å². The number of amides is 2. The van der Waals surface area contributed by atoms with Crippen LogP contribution in [0.15, 0.2) is 24.3 Å². The van der Waals surface area contributed by atoms with Crippen LogP contribution in [0.2, 0.25) is 0 Å². The van der Waals surface area contributed by atoms with Crippen LogP contribution in [-0.4, -0.2) is 23.5 Å². The van der Waals surface area contributed by atoms with Crippen molar-refractivity contribution in [3.63, 3.8) is 0 Å². The van der Waals surface area contributed by atoms with Gasteiger partial charge < -0.3 is 10.2 Å². The van der Waals surface area contributed by atoms with Gasteiger partial charge in [0.2, 0.25) is 0 Å². The van der Waals surface area contributed by atoms with Crippen LogP contribution in [0.4, 0.5) is 10.5 Å². The van der Waals surface area contributed by atoms with Gasteiger partial charge in [-0.1, -0.05) is 25.5 Å². The van der Waals surface area contributed by atoms with Crippen molar-refractivity contribution in [1.82, 2.24) is 4.90 Å². The maximum Gasteiger partial charge on any atom is 0.322 e. The number of unbranched alkanes of at least 4 members (excludes halogenated alkanes) is 1. The van der Waals surface area contributed by atoms with E-state index in [0.717, 1.165) is 31.5 Å². The summed E-state index contributed by atoms with van der Waals surface area (Å²) in [5.41, 5.74) is 2.24. The Hall–Kier alpha value is -1.51. The summed E-state index contributed by atoms with van der Waals surface area (Å²) < 4.78 is 0. The molecule has 0 aliphatic carbocycles. The summed E-state index contributed by atoms with van der Waals surface area (Å²) >= 11 is 0. The van der Waals surface area contributed by atoms with Crippen LogP contribution in [0.25, 0.3) is 0 Å². The molecule has 0 unspecified atom stereocenters. The Labute approximate surface area is 122 Å². The summed E-state index contributed by atoms with van der Waals surface area (Å²) in [6, 6.07) is 8.65. The Balaban J connectivity index is 1.90. The first-order valence-corrected chi connectivity index (χ1v) is 7.87. The Kier molecular flexibility index (Phi) is 5.45. The molecule has 0 spiro atoms. The fourth-order valence-electron chi connectivity index (χ4n) is 2.73. The minimum Gasteiger partial charge on any atom is -0.322 e. The van der Waals surface area contributed by atoms with E-state index >= 15 is 0 Å². The third-order valence-corrected chi connectivity index (χ3v) is 4.09. The highest BCUT2D eigenvalue weighted by Gasteiger charge is 2.22. The summed E-state index contributed by atoms with van der Waals surface area (Å²) in [6.07, 6.45) is 7.02. The molecular formula is C17H26N2O. The van der Waals surface area contributed by atoms with Crippen molar-refractivity contribution < 1.29 is 4.79 Å². The van der Waals surface area contributed by atoms with E-state index in [1.165, 1.54) is 24.8 Å². The van der Waals surface area contributed by atoms with Gasteiger partial charge in [-0.05, 0) is 56.7 Å². The van der Waals surface area contributed by atoms with Gasteiger partial charge in [-0.2, -0.15) is 0 Å². The zero-order chi connectivity index (χ0) is 14.4. The zero-order valence-electron chi connectivity index (χ0n) is 12.7. The summed E-state index contributed by atoms with van der Waals surface area (Å²) in [5, 5.41) is 3.01. The molecule has 20 heavy (non-hydrogen) atoms. The van der Waals surface area contributed by atoms with E-state index in [2.05, 4.69) is 31.3 Å². The Morgan fingerprint density at radius 1 is 1.30 bits per heavy atom. The fourth-order valence-corrected chi connectivity index (χ4v) is 2.73. The second kappa shape index (κ2) is 7.32. The molecule has 0 aromatic heterocycles. The number of hydrogen-bond acceptors (Lipinski definition) is 1. The van der Waals surface area contributed by atoms with Crippen molar-refractivity contribution in [3.05, 3.63) is 29.8 Å². The third kappa shape index (κ3) is 3.99. The number of carbonyl (C=O) groups excluding carboxylic acids is 1. The number of likely N-dealkylation sites (tertiary alicyclic amines) is 1. The predicted molar refractivity (Wildman–Crippen MR) is 84.1 cm³/mol. The van der Waals surface area contributed by atoms with Crippen molar-refractivity contribution in [2.24, 2.45) is 0 Å². The van der Waals surface area contributed by atoms with E-state index in [-0.39, 0.29) is 6.03 Å². The van der Waals surface area contributed by atoms with Crippen LogP contribution in [0.5, 0.6) is 0 Å². The molecule has 0 bridgehead atoms. The standard InChI is InChI=1S/C17H26N2O/c1-3-4-8-15-9-11-16(12-10-15)18-17(20)19-13-6-5-7-14(19)2/h9-12,14H,3-8,13H2,1-2H3,(H,18,20)/t14-/m1/s1. The molecular weight excluding hydrogens is 248 g/mol. The van der Waals surface area contributed by atoms with Crippen LogP contribution < -0.4 is 5.32 Å². The number of rotatable bonds is 4. The number of nitrogens with zero attached hydrogens (tertiary/aromatic N) is 1. The van der Waals surface area contributed by atoms with Gasteiger partial charge >= 0.3 is 6.03 Å². The summed E-state index contributed by atoms with van der Waals surface area (Å²) in [6.45, 7) is 5.21. The molecule has 1 fully saturated rings. The number of piperidine rings is 1. The molecule has 2 amide bonds. The molecule has 3 heteroatoms. The van der Waals surface area contributed by atoms with Crippen molar-refractivity contribution in [3.8, 4) is 0 Å². The molecule has 1 N–H and O–H groups in total. The van der Waals surface area contributed by atoms with E-state index in [4.69, 9.17) is 0 Å². The minimum absolute atomic E-state index is 0.0403. The van der Waals surface area contributed by atoms with E-state index in [1.807, 2.05) is 17.0 Å². The second-order valence-electron chi connectivity index (χ2n) is 5.77. The molecule has 0 saturated carbocycles. The van der Waals surface area contributed by atoms with Gasteiger partial charge in [0.05, 0.1) is 0 Å². The maximum atomic E-state index is 12.2. The second-order valence-corrected chi connectivity index (χ2v) is 5.77. The minimum atomic E-state index is 0.0403. The Morgan fingerprint density at radius 3 is 2.70 bits per heavy atom. The van der Waals surface area contributed by atoms with Crippen LogP contribution >= 0.6 is 0 Å². The van der Waals surface area contributed by atoms with Gasteiger partial charge in [0.25, 0.3) is 0 Å². The van der Waals surface area contributed by atoms with Gasteiger partial charge in [0, 0.05) is 18.3 Å². The van der Waals surface area contributed by atoms with Gasteiger partial charge in [0.15, 0.2) is 0 Å². The third-order valence-electron chi connectivity index (χ3n) is 4.09. The average molecular weight is 274 g/mol. The number of carbonyl (C=O) groups is 1. The highest BCUT2D eigenvalue weighted by Crippen LogP contribution is 2.18. The molecule has 1 saturated heterocycles. The van der Waals surface area contributed by atoms with E-state index < -0.39 is 0 Å². The van der Waals surface area contributed by atoms with Crippen molar-refractivity contribution >= 4 is 11.7 Å². The van der Waals surface area contributed by atoms with Gasteiger partial charge in [-0.15, -0.1) is 0 Å². The van der Waals surface area contributed by atoms with Gasteiger partial charge in [-0.25, -0.2) is 4.79 Å². The molecule has 1 aromatic carbocycles. The molecule has 1 atom stereocenters. The molecule has 2 rings (SSSR count). The molecule has 3 nitrogen and oxygen atoms in total. The largest absolute Gasteiger partial charge is 0.322 e. The molecule has 1 aliphatic rings. The van der Waals surface area contributed by atoms with E-state index in [9.17, 15) is 4.79 Å². The number of anilines is 1. The predicted octanol–water partition coefficient (Wildman–Crippen LogP) is 4.44. The Bertz CT molecular complexity index is 427. The first-order chi connectivity index (χ1) is 9.70. The van der Waals surface area contributed by atoms with Gasteiger partial charge in [0.1, 0.15) is 0 Å². The SMILES string of the molecule is CCCCc1ccc(NC(=O)N2CCCC[C@H]2C)cc1. The lowest BCUT2D eigenvalue weighted by Crippen LogP contribution is -2.44. The van der Waals surface area contributed by atoms with E-state index in [1.54, 1.807) is 0 Å². The highest BCUT2D eigenvalue weighted by molar-refractivity contribution is 5.89. The van der Waals surface area contributed by atoms with E-state index in [0.29, 0.717) is 6.04 Å².